The van der Waals surface area contributed by atoms with Crippen molar-refractivity contribution in [3.63, 3.8) is 0 Å². The SMILES string of the molecule is CC.CCC.CCC.CO.Cc1cccc(CC(=O)N2CCN(C(=O)Nc3ccc(F)cc3)CC2)c1. The molecule has 36 heavy (non-hydrogen) atoms. The van der Waals surface area contributed by atoms with Crippen LogP contribution < -0.4 is 5.32 Å². The van der Waals surface area contributed by atoms with E-state index in [1.807, 2.05) is 45.0 Å². The number of aliphatic hydroxyl groups excluding tert-OH is 1. The molecular weight excluding hydrogens is 457 g/mol. The number of rotatable bonds is 3. The van der Waals surface area contributed by atoms with Crippen molar-refractivity contribution in [1.82, 2.24) is 9.80 Å². The summed E-state index contributed by atoms with van der Waals surface area (Å²) in [5.74, 6) is -0.266. The Morgan fingerprint density at radius 2 is 1.33 bits per heavy atom. The molecule has 0 aromatic heterocycles. The van der Waals surface area contributed by atoms with Gasteiger partial charge < -0.3 is 20.2 Å². The van der Waals surface area contributed by atoms with Crippen LogP contribution in [-0.2, 0) is 11.2 Å². The fourth-order valence-corrected chi connectivity index (χ4v) is 3.00. The highest BCUT2D eigenvalue weighted by Gasteiger charge is 2.24. The Balaban J connectivity index is 0. The van der Waals surface area contributed by atoms with Crippen LogP contribution >= 0.6 is 0 Å². The van der Waals surface area contributed by atoms with Gasteiger partial charge in [0, 0.05) is 39.0 Å². The van der Waals surface area contributed by atoms with Gasteiger partial charge in [0.05, 0.1) is 6.42 Å². The van der Waals surface area contributed by atoms with E-state index in [2.05, 4.69) is 33.0 Å². The second-order valence-corrected chi connectivity index (χ2v) is 7.88. The first kappa shape index (κ1) is 35.2. The van der Waals surface area contributed by atoms with Gasteiger partial charge in [0.25, 0.3) is 0 Å². The fourth-order valence-electron chi connectivity index (χ4n) is 3.00. The molecule has 0 spiro atoms. The van der Waals surface area contributed by atoms with Crippen molar-refractivity contribution in [2.45, 2.75) is 67.7 Å². The summed E-state index contributed by atoms with van der Waals surface area (Å²) < 4.78 is 12.9. The van der Waals surface area contributed by atoms with Crippen molar-refractivity contribution in [3.05, 3.63) is 65.5 Å². The van der Waals surface area contributed by atoms with Crippen molar-refractivity contribution in [2.75, 3.05) is 38.6 Å². The predicted octanol–water partition coefficient (Wildman–Crippen LogP) is 6.52. The number of aryl methyl sites for hydroxylation is 1. The molecule has 204 valence electrons. The molecule has 3 rings (SSSR count). The van der Waals surface area contributed by atoms with Crippen molar-refractivity contribution >= 4 is 17.6 Å². The first-order valence-electron chi connectivity index (χ1n) is 12.9. The Morgan fingerprint density at radius 3 is 1.81 bits per heavy atom. The average Bonchev–Trinajstić information content (AvgIpc) is 2.89. The molecule has 0 saturated carbocycles. The van der Waals surface area contributed by atoms with Gasteiger partial charge in [0.2, 0.25) is 5.91 Å². The second kappa shape index (κ2) is 22.5. The van der Waals surface area contributed by atoms with Crippen LogP contribution in [0.25, 0.3) is 0 Å². The van der Waals surface area contributed by atoms with Crippen LogP contribution in [-0.4, -0.2) is 60.1 Å². The Kier molecular flexibility index (Phi) is 22.0. The Hall–Kier alpha value is -2.93. The zero-order valence-electron chi connectivity index (χ0n) is 23.6. The number of piperazine rings is 1. The summed E-state index contributed by atoms with van der Waals surface area (Å²) in [4.78, 5) is 28.2. The summed E-state index contributed by atoms with van der Waals surface area (Å²) in [7, 11) is 1.00. The number of nitrogens with one attached hydrogen (secondary N) is 1. The van der Waals surface area contributed by atoms with Gasteiger partial charge in [-0.05, 0) is 36.8 Å². The third-order valence-corrected chi connectivity index (χ3v) is 4.45. The van der Waals surface area contributed by atoms with E-state index in [1.54, 1.807) is 9.80 Å². The molecule has 0 atom stereocenters. The molecule has 6 nitrogen and oxygen atoms in total. The van der Waals surface area contributed by atoms with Crippen LogP contribution in [0.5, 0.6) is 0 Å². The van der Waals surface area contributed by atoms with Crippen molar-refractivity contribution < 1.29 is 19.1 Å². The number of hydrogen-bond donors (Lipinski definition) is 2. The minimum atomic E-state index is -0.344. The minimum Gasteiger partial charge on any atom is -0.400 e. The number of hydrogen-bond acceptors (Lipinski definition) is 3. The summed E-state index contributed by atoms with van der Waals surface area (Å²) >= 11 is 0. The smallest absolute Gasteiger partial charge is 0.321 e. The van der Waals surface area contributed by atoms with Gasteiger partial charge in [-0.25, -0.2) is 9.18 Å². The third kappa shape index (κ3) is 15.1. The molecule has 0 unspecified atom stereocenters. The first-order valence-corrected chi connectivity index (χ1v) is 12.9. The number of carbonyl (C=O) groups excluding carboxylic acids is 2. The van der Waals surface area contributed by atoms with E-state index in [0.29, 0.717) is 38.3 Å². The van der Waals surface area contributed by atoms with Gasteiger partial charge >= 0.3 is 6.03 Å². The highest BCUT2D eigenvalue weighted by atomic mass is 19.1. The van der Waals surface area contributed by atoms with E-state index >= 15 is 0 Å². The third-order valence-electron chi connectivity index (χ3n) is 4.45. The quantitative estimate of drug-likeness (QED) is 0.499. The zero-order valence-corrected chi connectivity index (χ0v) is 23.6. The molecule has 0 radical (unpaired) electrons. The van der Waals surface area contributed by atoms with E-state index in [1.165, 1.54) is 37.1 Å². The molecule has 0 bridgehead atoms. The van der Waals surface area contributed by atoms with Gasteiger partial charge in [0.1, 0.15) is 5.82 Å². The maximum atomic E-state index is 12.9. The minimum absolute atomic E-state index is 0.0780. The molecule has 2 aromatic carbocycles. The van der Waals surface area contributed by atoms with Crippen LogP contribution in [0.15, 0.2) is 48.5 Å². The lowest BCUT2D eigenvalue weighted by Crippen LogP contribution is -2.52. The summed E-state index contributed by atoms with van der Waals surface area (Å²) in [6.07, 6.45) is 2.88. The van der Waals surface area contributed by atoms with Crippen molar-refractivity contribution in [1.29, 1.82) is 0 Å². The molecule has 7 heteroatoms. The number of aliphatic hydroxyl groups is 1. The number of carbonyl (C=O) groups is 2. The molecule has 1 saturated heterocycles. The van der Waals surface area contributed by atoms with Gasteiger partial charge in [-0.2, -0.15) is 0 Å². The molecule has 2 aromatic rings. The molecule has 0 aliphatic carbocycles. The second-order valence-electron chi connectivity index (χ2n) is 7.88. The number of nitrogens with zero attached hydrogens (tertiary/aromatic N) is 2. The lowest BCUT2D eigenvalue weighted by Gasteiger charge is -2.34. The molecule has 3 amide bonds. The number of anilines is 1. The van der Waals surface area contributed by atoms with Gasteiger partial charge in [-0.1, -0.05) is 84.2 Å². The monoisotopic (exact) mass is 505 g/mol. The lowest BCUT2D eigenvalue weighted by molar-refractivity contribution is -0.131. The highest BCUT2D eigenvalue weighted by molar-refractivity contribution is 5.89. The largest absolute Gasteiger partial charge is 0.400 e. The Bertz CT molecular complexity index is 819. The van der Waals surface area contributed by atoms with Crippen molar-refractivity contribution in [3.8, 4) is 0 Å². The molecule has 1 fully saturated rings. The maximum Gasteiger partial charge on any atom is 0.321 e. The average molecular weight is 506 g/mol. The number of amides is 3. The first-order chi connectivity index (χ1) is 17.3. The standard InChI is InChI=1S/C20H22FN3O2.2C3H8.C2H6.CH4O/c1-15-3-2-4-16(13-15)14-19(25)23-9-11-24(12-10-23)20(26)22-18-7-5-17(21)6-8-18;2*1-3-2;2*1-2/h2-8,13H,9-12,14H2,1H3,(H,22,26);2*3H2,1-2H3;1-2H3;2H,1H3. The fraction of sp³-hybridized carbons (Fsp3) is 0.517. The van der Waals surface area contributed by atoms with Gasteiger partial charge in [-0.3, -0.25) is 4.79 Å². The Labute approximate surface area is 218 Å². The van der Waals surface area contributed by atoms with E-state index in [9.17, 15) is 14.0 Å². The molecule has 1 aliphatic rings. The molecule has 1 aliphatic heterocycles. The topological polar surface area (TPSA) is 72.9 Å². The summed E-state index contributed by atoms with van der Waals surface area (Å²) in [6.45, 7) is 16.5. The molecule has 1 heterocycles. The van der Waals surface area contributed by atoms with E-state index in [4.69, 9.17) is 5.11 Å². The van der Waals surface area contributed by atoms with E-state index in [0.717, 1.165) is 18.2 Å². The van der Waals surface area contributed by atoms with Gasteiger partial charge in [0.15, 0.2) is 0 Å². The lowest BCUT2D eigenvalue weighted by atomic mass is 10.1. The van der Waals surface area contributed by atoms with Crippen LogP contribution in [0, 0.1) is 12.7 Å². The van der Waals surface area contributed by atoms with E-state index in [-0.39, 0.29) is 17.8 Å². The predicted molar refractivity (Wildman–Crippen MR) is 150 cm³/mol. The molecule has 2 N–H and O–H groups in total. The molecular formula is C29H48FN3O3. The van der Waals surface area contributed by atoms with E-state index < -0.39 is 0 Å². The summed E-state index contributed by atoms with van der Waals surface area (Å²) in [5, 5.41) is 9.75. The normalized spacial score (nSPS) is 11.6. The number of benzene rings is 2. The van der Waals surface area contributed by atoms with Crippen LogP contribution in [0.3, 0.4) is 0 Å². The number of urea groups is 1. The highest BCUT2D eigenvalue weighted by Crippen LogP contribution is 2.12. The van der Waals surface area contributed by atoms with Crippen LogP contribution in [0.2, 0.25) is 0 Å². The van der Waals surface area contributed by atoms with Crippen LogP contribution in [0.4, 0.5) is 14.9 Å². The maximum absolute atomic E-state index is 12.9. The zero-order chi connectivity index (χ0) is 27.9. The summed E-state index contributed by atoms with van der Waals surface area (Å²) in [5.41, 5.74) is 2.69. The van der Waals surface area contributed by atoms with Crippen molar-refractivity contribution in [2.24, 2.45) is 0 Å². The summed E-state index contributed by atoms with van der Waals surface area (Å²) in [6, 6.07) is 13.4. The van der Waals surface area contributed by atoms with Crippen LogP contribution in [0.1, 0.15) is 65.5 Å². The Morgan fingerprint density at radius 1 is 0.861 bits per heavy atom. The number of halogens is 1. The van der Waals surface area contributed by atoms with Gasteiger partial charge in [-0.15, -0.1) is 0 Å².